The van der Waals surface area contributed by atoms with Crippen molar-refractivity contribution in [3.63, 3.8) is 0 Å². The summed E-state index contributed by atoms with van der Waals surface area (Å²) in [7, 11) is 1.54. The molecule has 1 aliphatic heterocycles. The van der Waals surface area contributed by atoms with Crippen LogP contribution < -0.4 is 4.74 Å². The predicted octanol–water partition coefficient (Wildman–Crippen LogP) is 3.18. The fourth-order valence-corrected chi connectivity index (χ4v) is 4.30. The second kappa shape index (κ2) is 9.29. The van der Waals surface area contributed by atoms with E-state index in [0.717, 1.165) is 12.0 Å². The Morgan fingerprint density at radius 1 is 1.36 bits per heavy atom. The van der Waals surface area contributed by atoms with Crippen LogP contribution in [0.4, 0.5) is 0 Å². The lowest BCUT2D eigenvalue weighted by Gasteiger charge is -2.44. The number of fused-ring (bicyclic) bond motifs is 1. The molecule has 0 bridgehead atoms. The zero-order valence-electron chi connectivity index (χ0n) is 19.3. The number of aliphatic hydroxyl groups is 1. The molecule has 0 aliphatic carbocycles. The van der Waals surface area contributed by atoms with Gasteiger partial charge >= 0.3 is 0 Å². The molecular weight excluding hydrogens is 444 g/mol. The van der Waals surface area contributed by atoms with Crippen molar-refractivity contribution in [2.75, 3.05) is 20.3 Å². The Morgan fingerprint density at radius 2 is 2.15 bits per heavy atom. The number of aromatic nitrogens is 3. The highest BCUT2D eigenvalue weighted by molar-refractivity contribution is 6.30. The van der Waals surface area contributed by atoms with Crippen LogP contribution in [0.2, 0.25) is 5.02 Å². The van der Waals surface area contributed by atoms with E-state index in [2.05, 4.69) is 10.1 Å². The molecule has 4 rings (SSSR count). The van der Waals surface area contributed by atoms with E-state index >= 15 is 0 Å². The maximum absolute atomic E-state index is 13.5. The first-order chi connectivity index (χ1) is 15.7. The Bertz CT molecular complexity index is 1160. The van der Waals surface area contributed by atoms with Crippen LogP contribution in [-0.2, 0) is 17.6 Å². The molecule has 33 heavy (non-hydrogen) atoms. The van der Waals surface area contributed by atoms with Gasteiger partial charge in [0.15, 0.2) is 17.2 Å². The molecule has 0 spiro atoms. The van der Waals surface area contributed by atoms with Crippen LogP contribution in [0.5, 0.6) is 5.75 Å². The van der Waals surface area contributed by atoms with E-state index in [9.17, 15) is 9.90 Å². The zero-order valence-corrected chi connectivity index (χ0v) is 20.0. The molecule has 0 radical (unpaired) electrons. The van der Waals surface area contributed by atoms with Crippen LogP contribution in [0.1, 0.15) is 42.5 Å². The highest BCUT2D eigenvalue weighted by Crippen LogP contribution is 2.27. The number of ether oxygens (including phenoxy) is 2. The van der Waals surface area contributed by atoms with E-state index in [0.29, 0.717) is 40.8 Å². The number of carbonyl (C=O) groups excluding carboxylic acids is 1. The number of nitrogens with zero attached hydrogens (tertiary/aromatic N) is 4. The topological polar surface area (TPSA) is 89.2 Å². The van der Waals surface area contributed by atoms with Crippen LogP contribution in [-0.4, -0.2) is 68.5 Å². The number of benzene rings is 1. The molecule has 1 aliphatic rings. The average Bonchev–Trinajstić information content (AvgIpc) is 3.18. The van der Waals surface area contributed by atoms with Gasteiger partial charge in [0.25, 0.3) is 5.91 Å². The minimum atomic E-state index is -0.722. The summed E-state index contributed by atoms with van der Waals surface area (Å²) in [5, 5.41) is 15.5. The van der Waals surface area contributed by atoms with Gasteiger partial charge in [-0.05, 0) is 51.0 Å². The van der Waals surface area contributed by atoms with Gasteiger partial charge in [-0.25, -0.2) is 9.50 Å². The Hall–Kier alpha value is -2.68. The molecule has 176 valence electrons. The average molecular weight is 473 g/mol. The van der Waals surface area contributed by atoms with E-state index in [4.69, 9.17) is 21.1 Å². The molecule has 0 saturated carbocycles. The Morgan fingerprint density at radius 3 is 2.85 bits per heavy atom. The zero-order chi connectivity index (χ0) is 23.8. The number of morpholine rings is 1. The Labute approximate surface area is 198 Å². The van der Waals surface area contributed by atoms with Crippen LogP contribution >= 0.6 is 11.6 Å². The van der Waals surface area contributed by atoms with Crippen LogP contribution in [0.3, 0.4) is 0 Å². The summed E-state index contributed by atoms with van der Waals surface area (Å²) in [6, 6.07) is 8.95. The first kappa shape index (κ1) is 23.5. The minimum Gasteiger partial charge on any atom is -0.493 e. The largest absolute Gasteiger partial charge is 0.493 e. The van der Waals surface area contributed by atoms with Crippen molar-refractivity contribution in [3.8, 4) is 5.75 Å². The van der Waals surface area contributed by atoms with E-state index < -0.39 is 17.7 Å². The molecule has 2 unspecified atom stereocenters. The first-order valence-electron chi connectivity index (χ1n) is 11.0. The lowest BCUT2D eigenvalue weighted by atomic mass is 10.0. The third-order valence-corrected chi connectivity index (χ3v) is 6.09. The third kappa shape index (κ3) is 5.13. The lowest BCUT2D eigenvalue weighted by molar-refractivity contribution is -0.123. The maximum atomic E-state index is 13.5. The van der Waals surface area contributed by atoms with Crippen molar-refractivity contribution < 1.29 is 19.4 Å². The lowest BCUT2D eigenvalue weighted by Crippen LogP contribution is -2.59. The van der Waals surface area contributed by atoms with Crippen molar-refractivity contribution in [3.05, 3.63) is 58.5 Å². The van der Waals surface area contributed by atoms with Crippen molar-refractivity contribution in [1.29, 1.82) is 0 Å². The molecule has 2 aromatic heterocycles. The minimum absolute atomic E-state index is 0.214. The highest BCUT2D eigenvalue weighted by Gasteiger charge is 2.39. The number of hydrogen-bond donors (Lipinski definition) is 1. The molecule has 3 heterocycles. The molecule has 1 saturated heterocycles. The molecule has 8 nitrogen and oxygen atoms in total. The van der Waals surface area contributed by atoms with Crippen LogP contribution in [0.15, 0.2) is 36.5 Å². The molecule has 3 aromatic rings. The summed E-state index contributed by atoms with van der Waals surface area (Å²) in [4.78, 5) is 19.8. The summed E-state index contributed by atoms with van der Waals surface area (Å²) in [5.74, 6) is 0.893. The number of amides is 1. The third-order valence-electron chi connectivity index (χ3n) is 5.85. The highest BCUT2D eigenvalue weighted by atomic mass is 35.5. The van der Waals surface area contributed by atoms with E-state index in [1.807, 2.05) is 38.1 Å². The monoisotopic (exact) mass is 472 g/mol. The first-order valence-corrected chi connectivity index (χ1v) is 11.4. The number of aryl methyl sites for hydroxylation is 2. The van der Waals surface area contributed by atoms with Gasteiger partial charge in [-0.1, -0.05) is 23.7 Å². The second-order valence-corrected chi connectivity index (χ2v) is 9.47. The number of carbonyl (C=O) groups is 1. The van der Waals surface area contributed by atoms with Crippen LogP contribution in [0.25, 0.3) is 5.65 Å². The van der Waals surface area contributed by atoms with E-state index in [1.54, 1.807) is 35.7 Å². The number of aliphatic hydroxyl groups excluding tert-OH is 1. The summed E-state index contributed by atoms with van der Waals surface area (Å²) >= 11 is 6.08. The van der Waals surface area contributed by atoms with Crippen LogP contribution in [0, 0.1) is 0 Å². The molecule has 2 atom stereocenters. The Balaban J connectivity index is 1.62. The number of rotatable bonds is 6. The van der Waals surface area contributed by atoms with Gasteiger partial charge in [0, 0.05) is 24.2 Å². The Kier molecular flexibility index (Phi) is 6.61. The molecular formula is C24H29ClN4O4. The summed E-state index contributed by atoms with van der Waals surface area (Å²) in [6.07, 6.45) is 2.30. The smallest absolute Gasteiger partial charge is 0.256 e. The molecule has 1 N–H and O–H groups in total. The fraction of sp³-hybridized carbons (Fsp3) is 0.458. The summed E-state index contributed by atoms with van der Waals surface area (Å²) in [6.45, 7) is 6.16. The van der Waals surface area contributed by atoms with E-state index in [1.165, 1.54) is 0 Å². The normalized spacial score (nSPS) is 19.0. The van der Waals surface area contributed by atoms with Gasteiger partial charge in [0.2, 0.25) is 0 Å². The van der Waals surface area contributed by atoms with E-state index in [-0.39, 0.29) is 12.5 Å². The maximum Gasteiger partial charge on any atom is 0.256 e. The SMILES string of the molecule is COc1cc(C(=O)N2CC(C)(C)OCC2C(C)O)cn2nc(CCc3cccc(Cl)c3)nc12. The summed E-state index contributed by atoms with van der Waals surface area (Å²) < 4.78 is 12.9. The molecule has 1 amide bonds. The molecule has 1 aromatic carbocycles. The number of pyridine rings is 1. The van der Waals surface area contributed by atoms with Crippen molar-refractivity contribution in [2.24, 2.45) is 0 Å². The van der Waals surface area contributed by atoms with Gasteiger partial charge in [0.1, 0.15) is 0 Å². The van der Waals surface area contributed by atoms with Crippen molar-refractivity contribution in [1.82, 2.24) is 19.5 Å². The second-order valence-electron chi connectivity index (χ2n) is 9.03. The fourth-order valence-electron chi connectivity index (χ4n) is 4.08. The number of halogens is 1. The van der Waals surface area contributed by atoms with Crippen molar-refractivity contribution >= 4 is 23.2 Å². The predicted molar refractivity (Wildman–Crippen MR) is 125 cm³/mol. The number of methoxy groups -OCH3 is 1. The standard InChI is InChI=1S/C24H29ClN4O4/c1-15(30)19-13-33-24(2,3)14-28(19)23(31)17-11-20(32-4)22-26-21(27-29(22)12-17)9-8-16-6-5-7-18(25)10-16/h5-7,10-12,15,19,30H,8-9,13-14H2,1-4H3. The van der Waals surface area contributed by atoms with Gasteiger partial charge in [-0.2, -0.15) is 5.10 Å². The summed E-state index contributed by atoms with van der Waals surface area (Å²) in [5.41, 5.74) is 1.55. The van der Waals surface area contributed by atoms with Gasteiger partial charge in [0.05, 0.1) is 37.0 Å². The quantitative estimate of drug-likeness (QED) is 0.592. The molecule has 9 heteroatoms. The number of hydrogen-bond acceptors (Lipinski definition) is 6. The van der Waals surface area contributed by atoms with Crippen molar-refractivity contribution in [2.45, 2.75) is 51.4 Å². The van der Waals surface area contributed by atoms with Gasteiger partial charge in [-0.15, -0.1) is 0 Å². The van der Waals surface area contributed by atoms with Gasteiger partial charge < -0.3 is 19.5 Å². The molecule has 1 fully saturated rings. The van der Waals surface area contributed by atoms with Gasteiger partial charge in [-0.3, -0.25) is 4.79 Å².